The van der Waals surface area contributed by atoms with Gasteiger partial charge in [-0.3, -0.25) is 0 Å². The first-order valence-corrected chi connectivity index (χ1v) is 7.34. The zero-order valence-corrected chi connectivity index (χ0v) is 11.6. The lowest BCUT2D eigenvalue weighted by Crippen LogP contribution is -2.30. The summed E-state index contributed by atoms with van der Waals surface area (Å²) in [6, 6.07) is 6.39. The molecular formula is C16H23NO2. The Labute approximate surface area is 115 Å². The van der Waals surface area contributed by atoms with E-state index in [2.05, 4.69) is 25.1 Å². The predicted molar refractivity (Wildman–Crippen MR) is 75.4 cm³/mol. The summed E-state index contributed by atoms with van der Waals surface area (Å²) in [7, 11) is 0. The van der Waals surface area contributed by atoms with E-state index in [-0.39, 0.29) is 6.10 Å². The zero-order chi connectivity index (χ0) is 13.2. The van der Waals surface area contributed by atoms with Gasteiger partial charge in [-0.25, -0.2) is 0 Å². The third-order valence-corrected chi connectivity index (χ3v) is 4.35. The Morgan fingerprint density at radius 2 is 2.26 bits per heavy atom. The van der Waals surface area contributed by atoms with E-state index in [1.54, 1.807) is 0 Å². The summed E-state index contributed by atoms with van der Waals surface area (Å²) in [5, 5.41) is 0. The molecule has 0 bridgehead atoms. The van der Waals surface area contributed by atoms with Crippen LogP contribution >= 0.6 is 0 Å². The molecule has 3 atom stereocenters. The summed E-state index contributed by atoms with van der Waals surface area (Å²) in [4.78, 5) is 0. The van der Waals surface area contributed by atoms with Crippen LogP contribution in [0.1, 0.15) is 30.4 Å². The third kappa shape index (κ3) is 2.77. The van der Waals surface area contributed by atoms with Crippen molar-refractivity contribution in [3.63, 3.8) is 0 Å². The summed E-state index contributed by atoms with van der Waals surface area (Å²) in [5.41, 5.74) is 8.39. The lowest BCUT2D eigenvalue weighted by atomic mass is 10.1. The quantitative estimate of drug-likeness (QED) is 0.905. The van der Waals surface area contributed by atoms with Gasteiger partial charge in [0.2, 0.25) is 0 Å². The standard InChI is InChI=1S/C16H23NO2/c1-11-5-6-16-13(7-11)8-14(19-16)10-18-15-4-2-3-12(15)9-17/h5-7,12,14-15H,2-4,8-10,17H2,1H3. The number of hydrogen-bond donors (Lipinski definition) is 1. The Morgan fingerprint density at radius 1 is 1.37 bits per heavy atom. The van der Waals surface area contributed by atoms with E-state index >= 15 is 0 Å². The van der Waals surface area contributed by atoms with Crippen LogP contribution in [0.25, 0.3) is 0 Å². The second-order valence-corrected chi connectivity index (χ2v) is 5.85. The van der Waals surface area contributed by atoms with Gasteiger partial charge in [0.15, 0.2) is 0 Å². The number of rotatable bonds is 4. The number of fused-ring (bicyclic) bond motifs is 1. The minimum absolute atomic E-state index is 0.177. The minimum Gasteiger partial charge on any atom is -0.487 e. The van der Waals surface area contributed by atoms with E-state index in [4.69, 9.17) is 15.2 Å². The van der Waals surface area contributed by atoms with Crippen molar-refractivity contribution >= 4 is 0 Å². The lowest BCUT2D eigenvalue weighted by Gasteiger charge is -2.20. The van der Waals surface area contributed by atoms with Gasteiger partial charge < -0.3 is 15.2 Å². The fourth-order valence-corrected chi connectivity index (χ4v) is 3.26. The molecule has 0 saturated heterocycles. The van der Waals surface area contributed by atoms with Gasteiger partial charge in [0.05, 0.1) is 12.7 Å². The van der Waals surface area contributed by atoms with Gasteiger partial charge in [0.25, 0.3) is 0 Å². The normalized spacial score (nSPS) is 29.3. The van der Waals surface area contributed by atoms with Crippen LogP contribution in [0.4, 0.5) is 0 Å². The Bertz CT molecular complexity index is 446. The fraction of sp³-hybridized carbons (Fsp3) is 0.625. The Morgan fingerprint density at radius 3 is 3.11 bits per heavy atom. The molecule has 3 rings (SSSR count). The highest BCUT2D eigenvalue weighted by Gasteiger charge is 2.29. The van der Waals surface area contributed by atoms with E-state index in [9.17, 15) is 0 Å². The van der Waals surface area contributed by atoms with Crippen molar-refractivity contribution in [3.8, 4) is 5.75 Å². The Kier molecular flexibility index (Phi) is 3.76. The molecule has 0 amide bonds. The van der Waals surface area contributed by atoms with Crippen molar-refractivity contribution in [2.75, 3.05) is 13.2 Å². The molecule has 0 radical (unpaired) electrons. The van der Waals surface area contributed by atoms with Gasteiger partial charge >= 0.3 is 0 Å². The van der Waals surface area contributed by atoms with Crippen molar-refractivity contribution in [3.05, 3.63) is 29.3 Å². The van der Waals surface area contributed by atoms with Gasteiger partial charge in [0.1, 0.15) is 11.9 Å². The molecular weight excluding hydrogens is 238 g/mol. The molecule has 104 valence electrons. The van der Waals surface area contributed by atoms with E-state index in [1.165, 1.54) is 24.0 Å². The fourth-order valence-electron chi connectivity index (χ4n) is 3.26. The third-order valence-electron chi connectivity index (χ3n) is 4.35. The molecule has 3 nitrogen and oxygen atoms in total. The highest BCUT2D eigenvalue weighted by atomic mass is 16.5. The molecule has 1 heterocycles. The zero-order valence-electron chi connectivity index (χ0n) is 11.6. The first kappa shape index (κ1) is 12.9. The first-order chi connectivity index (χ1) is 9.26. The van der Waals surface area contributed by atoms with Crippen LogP contribution in [0.3, 0.4) is 0 Å². The summed E-state index contributed by atoms with van der Waals surface area (Å²) < 4.78 is 12.0. The van der Waals surface area contributed by atoms with Crippen LogP contribution < -0.4 is 10.5 Å². The van der Waals surface area contributed by atoms with Crippen molar-refractivity contribution in [1.29, 1.82) is 0 Å². The van der Waals surface area contributed by atoms with Gasteiger partial charge in [0, 0.05) is 6.42 Å². The highest BCUT2D eigenvalue weighted by molar-refractivity contribution is 5.40. The predicted octanol–water partition coefficient (Wildman–Crippen LogP) is 2.44. The second kappa shape index (κ2) is 5.51. The van der Waals surface area contributed by atoms with Crippen molar-refractivity contribution < 1.29 is 9.47 Å². The summed E-state index contributed by atoms with van der Waals surface area (Å²) in [6.45, 7) is 3.55. The monoisotopic (exact) mass is 261 g/mol. The van der Waals surface area contributed by atoms with Crippen molar-refractivity contribution in [2.24, 2.45) is 11.7 Å². The Hall–Kier alpha value is -1.06. The molecule has 2 N–H and O–H groups in total. The number of aryl methyl sites for hydroxylation is 1. The molecule has 1 aliphatic heterocycles. The van der Waals surface area contributed by atoms with Crippen LogP contribution in [0.5, 0.6) is 5.75 Å². The summed E-state index contributed by atoms with van der Waals surface area (Å²) in [6.07, 6.45) is 5.11. The van der Waals surface area contributed by atoms with Gasteiger partial charge in [-0.2, -0.15) is 0 Å². The molecule has 1 fully saturated rings. The maximum atomic E-state index is 6.05. The van der Waals surface area contributed by atoms with Gasteiger partial charge in [-0.15, -0.1) is 0 Å². The molecule has 0 spiro atoms. The molecule has 1 aromatic carbocycles. The SMILES string of the molecule is Cc1ccc2c(c1)CC(COC1CCCC1CN)O2. The molecule has 3 unspecified atom stereocenters. The van der Waals surface area contributed by atoms with Crippen LogP contribution in [-0.4, -0.2) is 25.4 Å². The summed E-state index contributed by atoms with van der Waals surface area (Å²) >= 11 is 0. The van der Waals surface area contributed by atoms with Crippen LogP contribution in [0.2, 0.25) is 0 Å². The molecule has 3 heteroatoms. The van der Waals surface area contributed by atoms with Crippen LogP contribution in [0, 0.1) is 12.8 Å². The van der Waals surface area contributed by atoms with Crippen LogP contribution in [0.15, 0.2) is 18.2 Å². The Balaban J connectivity index is 1.53. The van der Waals surface area contributed by atoms with E-state index < -0.39 is 0 Å². The smallest absolute Gasteiger partial charge is 0.126 e. The average molecular weight is 261 g/mol. The molecule has 1 aliphatic carbocycles. The molecule has 1 saturated carbocycles. The average Bonchev–Trinajstić information content (AvgIpc) is 3.01. The molecule has 0 aromatic heterocycles. The van der Waals surface area contributed by atoms with E-state index in [0.29, 0.717) is 18.6 Å². The topological polar surface area (TPSA) is 44.5 Å². The van der Waals surface area contributed by atoms with E-state index in [1.807, 2.05) is 0 Å². The molecule has 19 heavy (non-hydrogen) atoms. The summed E-state index contributed by atoms with van der Waals surface area (Å²) in [5.74, 6) is 1.58. The van der Waals surface area contributed by atoms with Crippen LogP contribution in [-0.2, 0) is 11.2 Å². The van der Waals surface area contributed by atoms with Crippen molar-refractivity contribution in [1.82, 2.24) is 0 Å². The second-order valence-electron chi connectivity index (χ2n) is 5.85. The number of hydrogen-bond acceptors (Lipinski definition) is 3. The number of ether oxygens (including phenoxy) is 2. The molecule has 2 aliphatic rings. The first-order valence-electron chi connectivity index (χ1n) is 7.34. The van der Waals surface area contributed by atoms with E-state index in [0.717, 1.165) is 25.1 Å². The van der Waals surface area contributed by atoms with Gasteiger partial charge in [-0.1, -0.05) is 24.1 Å². The largest absolute Gasteiger partial charge is 0.487 e. The molecule has 1 aromatic rings. The van der Waals surface area contributed by atoms with Gasteiger partial charge in [-0.05, 0) is 43.9 Å². The van der Waals surface area contributed by atoms with Crippen molar-refractivity contribution in [2.45, 2.75) is 44.8 Å². The minimum atomic E-state index is 0.177. The maximum Gasteiger partial charge on any atom is 0.126 e. The maximum absolute atomic E-state index is 6.05. The highest BCUT2D eigenvalue weighted by Crippen LogP contribution is 2.31. The number of nitrogens with two attached hydrogens (primary N) is 1. The lowest BCUT2D eigenvalue weighted by molar-refractivity contribution is -0.00943. The number of benzene rings is 1.